The molecule has 3 rings (SSSR count). The van der Waals surface area contributed by atoms with Gasteiger partial charge in [-0.15, -0.1) is 0 Å². The Balaban J connectivity index is 1.66. The fraction of sp³-hybridized carbons (Fsp3) is 0.429. The normalized spacial score (nSPS) is 27.1. The first-order valence-corrected chi connectivity index (χ1v) is 6.25. The molecule has 94 valence electrons. The van der Waals surface area contributed by atoms with E-state index in [1.165, 1.54) is 0 Å². The van der Waals surface area contributed by atoms with Gasteiger partial charge in [-0.05, 0) is 38.7 Å². The number of nitrogens with one attached hydrogen (secondary N) is 1. The highest BCUT2D eigenvalue weighted by Gasteiger charge is 2.38. The zero-order valence-corrected chi connectivity index (χ0v) is 10.6. The van der Waals surface area contributed by atoms with Crippen LogP contribution in [-0.4, -0.2) is 11.6 Å². The number of aryl methyl sites for hydroxylation is 2. The highest BCUT2D eigenvalue weighted by Crippen LogP contribution is 2.40. The molecule has 0 radical (unpaired) electrons. The standard InChI is InChI=1S/C14H16N2O2/c1-8-6-12(9(2)18-8)14(17)16-15-13-7-10-4-3-5-11(10)13/h3-4,6,10-11H,5,7H2,1-2H3,(H,16,17)/b15-13-/t10-,11-/m0/s1. The third kappa shape index (κ3) is 1.78. The number of hydrogen-bond acceptors (Lipinski definition) is 3. The van der Waals surface area contributed by atoms with Gasteiger partial charge in [0.25, 0.3) is 5.91 Å². The van der Waals surface area contributed by atoms with E-state index in [4.69, 9.17) is 4.42 Å². The molecule has 4 nitrogen and oxygen atoms in total. The minimum absolute atomic E-state index is 0.189. The van der Waals surface area contributed by atoms with Crippen LogP contribution in [0.3, 0.4) is 0 Å². The van der Waals surface area contributed by atoms with Crippen molar-refractivity contribution in [3.05, 3.63) is 35.3 Å². The summed E-state index contributed by atoms with van der Waals surface area (Å²) in [5, 5.41) is 4.23. The summed E-state index contributed by atoms with van der Waals surface area (Å²) < 4.78 is 5.33. The van der Waals surface area contributed by atoms with E-state index in [2.05, 4.69) is 22.7 Å². The van der Waals surface area contributed by atoms with E-state index in [0.717, 1.165) is 24.3 Å². The molecule has 0 unspecified atom stereocenters. The van der Waals surface area contributed by atoms with Gasteiger partial charge in [-0.2, -0.15) is 5.10 Å². The summed E-state index contributed by atoms with van der Waals surface area (Å²) in [7, 11) is 0. The molecular formula is C14H16N2O2. The van der Waals surface area contributed by atoms with E-state index in [1.54, 1.807) is 13.0 Å². The Morgan fingerprint density at radius 2 is 2.33 bits per heavy atom. The quantitative estimate of drug-likeness (QED) is 0.642. The molecule has 1 aromatic rings. The van der Waals surface area contributed by atoms with Crippen molar-refractivity contribution < 1.29 is 9.21 Å². The van der Waals surface area contributed by atoms with Crippen molar-refractivity contribution >= 4 is 11.6 Å². The maximum atomic E-state index is 11.9. The molecule has 2 aliphatic rings. The minimum atomic E-state index is -0.189. The van der Waals surface area contributed by atoms with Crippen molar-refractivity contribution in [3.8, 4) is 0 Å². The summed E-state index contributed by atoms with van der Waals surface area (Å²) in [5.74, 6) is 2.37. The van der Waals surface area contributed by atoms with E-state index in [9.17, 15) is 4.79 Å². The molecule has 1 amide bonds. The topological polar surface area (TPSA) is 54.6 Å². The molecule has 1 saturated carbocycles. The van der Waals surface area contributed by atoms with E-state index in [0.29, 0.717) is 23.2 Å². The van der Waals surface area contributed by atoms with Crippen molar-refractivity contribution in [1.82, 2.24) is 5.43 Å². The summed E-state index contributed by atoms with van der Waals surface area (Å²) in [6, 6.07) is 1.74. The molecule has 0 aromatic carbocycles. The average molecular weight is 244 g/mol. The van der Waals surface area contributed by atoms with Gasteiger partial charge in [0.2, 0.25) is 0 Å². The number of carbonyl (C=O) groups is 1. The van der Waals surface area contributed by atoms with Crippen molar-refractivity contribution in [2.75, 3.05) is 0 Å². The maximum absolute atomic E-state index is 11.9. The molecule has 0 spiro atoms. The Morgan fingerprint density at radius 1 is 1.50 bits per heavy atom. The van der Waals surface area contributed by atoms with Crippen molar-refractivity contribution in [2.45, 2.75) is 26.7 Å². The van der Waals surface area contributed by atoms with Crippen LogP contribution in [-0.2, 0) is 0 Å². The number of fused-ring (bicyclic) bond motifs is 1. The number of nitrogens with zero attached hydrogens (tertiary/aromatic N) is 1. The van der Waals surface area contributed by atoms with Crippen molar-refractivity contribution in [2.24, 2.45) is 16.9 Å². The van der Waals surface area contributed by atoms with Gasteiger partial charge in [0, 0.05) is 11.6 Å². The Hall–Kier alpha value is -1.84. The second-order valence-corrected chi connectivity index (χ2v) is 5.01. The van der Waals surface area contributed by atoms with Crippen LogP contribution >= 0.6 is 0 Å². The Kier molecular flexibility index (Phi) is 2.58. The Bertz CT molecular complexity index is 554. The molecule has 2 aliphatic carbocycles. The zero-order valence-electron chi connectivity index (χ0n) is 10.6. The lowest BCUT2D eigenvalue weighted by Gasteiger charge is -2.31. The predicted octanol–water partition coefficient (Wildman–Crippen LogP) is 2.58. The highest BCUT2D eigenvalue weighted by molar-refractivity contribution is 5.98. The first-order chi connectivity index (χ1) is 8.65. The molecular weight excluding hydrogens is 228 g/mol. The number of hydrogen-bond donors (Lipinski definition) is 1. The molecule has 0 bridgehead atoms. The summed E-state index contributed by atoms with van der Waals surface area (Å²) in [4.78, 5) is 11.9. The van der Waals surface area contributed by atoms with E-state index < -0.39 is 0 Å². The van der Waals surface area contributed by atoms with E-state index in [-0.39, 0.29) is 5.91 Å². The fourth-order valence-electron chi connectivity index (χ4n) is 2.70. The highest BCUT2D eigenvalue weighted by atomic mass is 16.3. The number of carbonyl (C=O) groups excluding carboxylic acids is 1. The summed E-state index contributed by atoms with van der Waals surface area (Å²) in [5.41, 5.74) is 4.30. The Labute approximate surface area is 106 Å². The number of rotatable bonds is 2. The van der Waals surface area contributed by atoms with E-state index >= 15 is 0 Å². The SMILES string of the molecule is Cc1cc(C(=O)N/N=C2/C[C@@H]3C=CC[C@H]23)c(C)o1. The number of amides is 1. The lowest BCUT2D eigenvalue weighted by atomic mass is 9.74. The lowest BCUT2D eigenvalue weighted by molar-refractivity contribution is 0.0952. The summed E-state index contributed by atoms with van der Waals surface area (Å²) in [6.07, 6.45) is 6.48. The van der Waals surface area contributed by atoms with Crippen LogP contribution in [0.25, 0.3) is 0 Å². The molecule has 1 aromatic heterocycles. The van der Waals surface area contributed by atoms with Gasteiger partial charge in [-0.1, -0.05) is 12.2 Å². The molecule has 1 fully saturated rings. The number of allylic oxidation sites excluding steroid dienone is 2. The van der Waals surface area contributed by atoms with Crippen LogP contribution in [0, 0.1) is 25.7 Å². The third-order valence-electron chi connectivity index (χ3n) is 3.75. The van der Waals surface area contributed by atoms with Gasteiger partial charge in [0.05, 0.1) is 5.56 Å². The summed E-state index contributed by atoms with van der Waals surface area (Å²) >= 11 is 0. The van der Waals surface area contributed by atoms with Crippen LogP contribution in [0.5, 0.6) is 0 Å². The monoisotopic (exact) mass is 244 g/mol. The smallest absolute Gasteiger partial charge is 0.274 e. The van der Waals surface area contributed by atoms with Gasteiger partial charge in [0.1, 0.15) is 11.5 Å². The number of furan rings is 1. The average Bonchev–Trinajstić information content (AvgIpc) is 2.82. The maximum Gasteiger partial charge on any atom is 0.274 e. The van der Waals surface area contributed by atoms with Gasteiger partial charge in [-0.3, -0.25) is 4.79 Å². The minimum Gasteiger partial charge on any atom is -0.466 e. The van der Waals surface area contributed by atoms with Gasteiger partial charge >= 0.3 is 0 Å². The molecule has 18 heavy (non-hydrogen) atoms. The molecule has 2 atom stereocenters. The van der Waals surface area contributed by atoms with Crippen LogP contribution in [0.1, 0.15) is 34.7 Å². The number of hydrazone groups is 1. The molecule has 0 aliphatic heterocycles. The third-order valence-corrected chi connectivity index (χ3v) is 3.75. The first kappa shape index (κ1) is 11.3. The molecule has 4 heteroatoms. The van der Waals surface area contributed by atoms with Gasteiger partial charge < -0.3 is 4.42 Å². The van der Waals surface area contributed by atoms with Crippen LogP contribution in [0.15, 0.2) is 27.7 Å². The fourth-order valence-corrected chi connectivity index (χ4v) is 2.70. The predicted molar refractivity (Wildman–Crippen MR) is 68.4 cm³/mol. The molecule has 1 heterocycles. The second-order valence-electron chi connectivity index (χ2n) is 5.01. The Morgan fingerprint density at radius 3 is 3.00 bits per heavy atom. The van der Waals surface area contributed by atoms with Gasteiger partial charge in [-0.25, -0.2) is 5.43 Å². The largest absolute Gasteiger partial charge is 0.466 e. The van der Waals surface area contributed by atoms with Crippen molar-refractivity contribution in [3.63, 3.8) is 0 Å². The van der Waals surface area contributed by atoms with Crippen LogP contribution in [0.4, 0.5) is 0 Å². The molecule has 1 N–H and O–H groups in total. The summed E-state index contributed by atoms with van der Waals surface area (Å²) in [6.45, 7) is 3.62. The lowest BCUT2D eigenvalue weighted by Crippen LogP contribution is -2.35. The van der Waals surface area contributed by atoms with Crippen LogP contribution < -0.4 is 5.43 Å². The first-order valence-electron chi connectivity index (χ1n) is 6.25. The van der Waals surface area contributed by atoms with Gasteiger partial charge in [0.15, 0.2) is 0 Å². The molecule has 0 saturated heterocycles. The second kappa shape index (κ2) is 4.12. The zero-order chi connectivity index (χ0) is 12.7. The van der Waals surface area contributed by atoms with E-state index in [1.807, 2.05) is 6.92 Å². The van der Waals surface area contributed by atoms with Crippen LogP contribution in [0.2, 0.25) is 0 Å². The van der Waals surface area contributed by atoms with Crippen molar-refractivity contribution in [1.29, 1.82) is 0 Å².